The highest BCUT2D eigenvalue weighted by Gasteiger charge is 2.13. The molecule has 0 saturated heterocycles. The number of nitrogens with zero attached hydrogens (tertiary/aromatic N) is 2. The molecule has 6 nitrogen and oxygen atoms in total. The molecule has 4 rings (SSSR count). The number of amides is 1. The van der Waals surface area contributed by atoms with Gasteiger partial charge in [-0.15, -0.1) is 0 Å². The number of benzene rings is 2. The number of anilines is 1. The molecule has 2 heterocycles. The van der Waals surface area contributed by atoms with Crippen molar-refractivity contribution in [3.8, 4) is 17.2 Å². The Morgan fingerprint density at radius 2 is 2.07 bits per heavy atom. The molecule has 140 valence electrons. The average Bonchev–Trinajstić information content (AvgIpc) is 3.13. The first-order valence-electron chi connectivity index (χ1n) is 8.28. The lowest BCUT2D eigenvalue weighted by molar-refractivity contribution is -0.118. The van der Waals surface area contributed by atoms with Gasteiger partial charge in [-0.3, -0.25) is 9.78 Å². The molecule has 1 N–H and O–H groups in total. The largest absolute Gasteiger partial charge is 0.481 e. The summed E-state index contributed by atoms with van der Waals surface area (Å²) in [5.41, 5.74) is 2.22. The van der Waals surface area contributed by atoms with Gasteiger partial charge in [0.05, 0.1) is 16.9 Å². The minimum absolute atomic E-state index is 0.00224. The summed E-state index contributed by atoms with van der Waals surface area (Å²) in [5.74, 6) is -0.653. The molecule has 0 bridgehead atoms. The molecule has 0 aliphatic heterocycles. The zero-order valence-corrected chi connectivity index (χ0v) is 15.1. The van der Waals surface area contributed by atoms with Gasteiger partial charge < -0.3 is 14.5 Å². The van der Waals surface area contributed by atoms with Crippen LogP contribution in [0.2, 0.25) is 5.02 Å². The quantitative estimate of drug-likeness (QED) is 0.528. The number of rotatable bonds is 5. The minimum atomic E-state index is -0.541. The number of carbonyl (C=O) groups is 1. The van der Waals surface area contributed by atoms with E-state index in [-0.39, 0.29) is 12.4 Å². The number of nitrogens with one attached hydrogen (secondary N) is 1. The summed E-state index contributed by atoms with van der Waals surface area (Å²) in [7, 11) is 0. The fourth-order valence-electron chi connectivity index (χ4n) is 2.55. The number of ether oxygens (including phenoxy) is 1. The van der Waals surface area contributed by atoms with Gasteiger partial charge in [-0.2, -0.15) is 0 Å². The number of aromatic nitrogens is 2. The van der Waals surface area contributed by atoms with Gasteiger partial charge in [0.1, 0.15) is 5.52 Å². The van der Waals surface area contributed by atoms with Gasteiger partial charge in [0, 0.05) is 17.8 Å². The molecule has 0 unspecified atom stereocenters. The summed E-state index contributed by atoms with van der Waals surface area (Å²) in [4.78, 5) is 20.5. The van der Waals surface area contributed by atoms with E-state index in [1.807, 2.05) is 0 Å². The first kappa shape index (κ1) is 17.9. The molecule has 2 aromatic heterocycles. The Kier molecular flexibility index (Phi) is 4.90. The number of carbonyl (C=O) groups excluding carboxylic acids is 1. The monoisotopic (exact) mass is 397 g/mol. The van der Waals surface area contributed by atoms with E-state index in [0.717, 1.165) is 0 Å². The van der Waals surface area contributed by atoms with E-state index in [4.69, 9.17) is 20.8 Å². The summed E-state index contributed by atoms with van der Waals surface area (Å²) < 4.78 is 24.5. The average molecular weight is 398 g/mol. The number of halogens is 2. The van der Waals surface area contributed by atoms with E-state index in [9.17, 15) is 9.18 Å². The van der Waals surface area contributed by atoms with Crippen molar-refractivity contribution < 1.29 is 18.3 Å². The van der Waals surface area contributed by atoms with E-state index in [1.54, 1.807) is 42.7 Å². The molecule has 8 heteroatoms. The fraction of sp³-hybridized carbons (Fsp3) is 0.0500. The molecule has 1 amide bonds. The first-order valence-corrected chi connectivity index (χ1v) is 8.65. The van der Waals surface area contributed by atoms with Crippen LogP contribution in [0, 0.1) is 5.82 Å². The van der Waals surface area contributed by atoms with Crippen LogP contribution in [0.4, 0.5) is 10.1 Å². The van der Waals surface area contributed by atoms with Crippen LogP contribution in [0.5, 0.6) is 5.75 Å². The summed E-state index contributed by atoms with van der Waals surface area (Å²) in [6.07, 6.45) is 3.21. The Hall–Kier alpha value is -3.45. The molecule has 0 spiro atoms. The van der Waals surface area contributed by atoms with Crippen LogP contribution in [0.15, 0.2) is 65.3 Å². The van der Waals surface area contributed by atoms with Crippen molar-refractivity contribution in [2.45, 2.75) is 0 Å². The molecule has 0 fully saturated rings. The maximum atomic E-state index is 13.6. The molecule has 0 radical (unpaired) electrons. The molecule has 0 aliphatic rings. The maximum absolute atomic E-state index is 13.6. The first-order chi connectivity index (χ1) is 13.6. The lowest BCUT2D eigenvalue weighted by Gasteiger charge is -2.10. The summed E-state index contributed by atoms with van der Waals surface area (Å²) >= 11 is 6.17. The van der Waals surface area contributed by atoms with Crippen molar-refractivity contribution in [3.05, 3.63) is 71.8 Å². The molecule has 4 aromatic rings. The van der Waals surface area contributed by atoms with Crippen molar-refractivity contribution in [3.63, 3.8) is 0 Å². The van der Waals surface area contributed by atoms with Crippen molar-refractivity contribution in [2.75, 3.05) is 11.9 Å². The third-order valence-corrected chi connectivity index (χ3v) is 4.20. The predicted octanol–water partition coefficient (Wildman–Crippen LogP) is 4.70. The fourth-order valence-corrected chi connectivity index (χ4v) is 2.71. The number of para-hydroxylation sites is 1. The van der Waals surface area contributed by atoms with Crippen LogP contribution >= 0.6 is 11.6 Å². The zero-order valence-electron chi connectivity index (χ0n) is 14.4. The highest BCUT2D eigenvalue weighted by Crippen LogP contribution is 2.30. The van der Waals surface area contributed by atoms with E-state index in [2.05, 4.69) is 15.3 Å². The van der Waals surface area contributed by atoms with Crippen LogP contribution in [-0.4, -0.2) is 22.5 Å². The van der Waals surface area contributed by atoms with E-state index < -0.39 is 11.7 Å². The second-order valence-corrected chi connectivity index (χ2v) is 6.23. The van der Waals surface area contributed by atoms with Gasteiger partial charge >= 0.3 is 0 Å². The lowest BCUT2D eigenvalue weighted by atomic mass is 10.2. The highest BCUT2D eigenvalue weighted by molar-refractivity contribution is 6.33. The van der Waals surface area contributed by atoms with Gasteiger partial charge in [0.25, 0.3) is 5.91 Å². The molecular weight excluding hydrogens is 385 g/mol. The zero-order chi connectivity index (χ0) is 19.5. The van der Waals surface area contributed by atoms with Crippen LogP contribution in [0.3, 0.4) is 0 Å². The Morgan fingerprint density at radius 3 is 2.89 bits per heavy atom. The van der Waals surface area contributed by atoms with E-state index in [1.165, 1.54) is 18.2 Å². The van der Waals surface area contributed by atoms with E-state index in [0.29, 0.717) is 33.3 Å². The third kappa shape index (κ3) is 3.79. The van der Waals surface area contributed by atoms with Gasteiger partial charge in [0.15, 0.2) is 23.8 Å². The standard InChI is InChI=1S/C20H13ClFN3O3/c21-13-6-5-12(20-25-16-10-23-8-7-18(16)28-20)9-15(13)24-19(26)11-27-17-4-2-1-3-14(17)22/h1-10H,11H2,(H,24,26). The van der Waals surface area contributed by atoms with Gasteiger partial charge in [0.2, 0.25) is 5.89 Å². The topological polar surface area (TPSA) is 77.2 Å². The van der Waals surface area contributed by atoms with E-state index >= 15 is 0 Å². The number of oxazole rings is 1. The predicted molar refractivity (Wildman–Crippen MR) is 103 cm³/mol. The normalized spacial score (nSPS) is 10.8. The molecule has 2 aromatic carbocycles. The number of pyridine rings is 1. The highest BCUT2D eigenvalue weighted by atomic mass is 35.5. The summed E-state index contributed by atoms with van der Waals surface area (Å²) in [6.45, 7) is -0.365. The molecule has 0 saturated carbocycles. The molecule has 0 atom stereocenters. The number of hydrogen-bond donors (Lipinski definition) is 1. The second-order valence-electron chi connectivity index (χ2n) is 5.82. The van der Waals surface area contributed by atoms with Crippen molar-refractivity contribution >= 4 is 34.3 Å². The minimum Gasteiger partial charge on any atom is -0.481 e. The second kappa shape index (κ2) is 7.66. The van der Waals surface area contributed by atoms with Crippen molar-refractivity contribution in [2.24, 2.45) is 0 Å². The Labute approximate surface area is 163 Å². The molecule has 0 aliphatic carbocycles. The van der Waals surface area contributed by atoms with Crippen molar-refractivity contribution in [1.29, 1.82) is 0 Å². The SMILES string of the molecule is O=C(COc1ccccc1F)Nc1cc(-c2nc3cnccc3o2)ccc1Cl. The summed E-state index contributed by atoms with van der Waals surface area (Å²) in [5, 5.41) is 2.98. The third-order valence-electron chi connectivity index (χ3n) is 3.87. The molecule has 28 heavy (non-hydrogen) atoms. The van der Waals surface area contributed by atoms with Gasteiger partial charge in [-0.05, 0) is 30.3 Å². The number of hydrogen-bond acceptors (Lipinski definition) is 5. The van der Waals surface area contributed by atoms with Gasteiger partial charge in [-0.25, -0.2) is 9.37 Å². The van der Waals surface area contributed by atoms with Crippen molar-refractivity contribution in [1.82, 2.24) is 9.97 Å². The Bertz CT molecular complexity index is 1130. The van der Waals surface area contributed by atoms with Crippen LogP contribution in [-0.2, 0) is 4.79 Å². The molecular formula is C20H13ClFN3O3. The summed E-state index contributed by atoms with van der Waals surface area (Å²) in [6, 6.07) is 12.6. The smallest absolute Gasteiger partial charge is 0.262 e. The Balaban J connectivity index is 1.50. The lowest BCUT2D eigenvalue weighted by Crippen LogP contribution is -2.20. The van der Waals surface area contributed by atoms with Crippen LogP contribution in [0.1, 0.15) is 0 Å². The van der Waals surface area contributed by atoms with Crippen LogP contribution in [0.25, 0.3) is 22.6 Å². The maximum Gasteiger partial charge on any atom is 0.262 e. The Morgan fingerprint density at radius 1 is 1.21 bits per heavy atom. The number of fused-ring (bicyclic) bond motifs is 1. The van der Waals surface area contributed by atoms with Gasteiger partial charge in [-0.1, -0.05) is 23.7 Å². The van der Waals surface area contributed by atoms with Crippen LogP contribution < -0.4 is 10.1 Å².